The van der Waals surface area contributed by atoms with Crippen LogP contribution in [0.15, 0.2) is 36.4 Å². The van der Waals surface area contributed by atoms with Gasteiger partial charge in [0.1, 0.15) is 0 Å². The third-order valence-corrected chi connectivity index (χ3v) is 5.79. The first-order valence-corrected chi connectivity index (χ1v) is 11.4. The Morgan fingerprint density at radius 3 is 1.41 bits per heavy atom. The topological polar surface area (TPSA) is 24.1 Å². The molecule has 2 atom stereocenters. The van der Waals surface area contributed by atoms with Crippen molar-refractivity contribution < 1.29 is 0 Å². The van der Waals surface area contributed by atoms with Gasteiger partial charge in [-0.15, -0.1) is 0 Å². The third kappa shape index (κ3) is 6.01. The molecule has 0 spiro atoms. The normalized spacial score (nSPS) is 13.8. The molecule has 0 amide bonds. The van der Waals surface area contributed by atoms with Crippen LogP contribution in [0.3, 0.4) is 0 Å². The van der Waals surface area contributed by atoms with Crippen LogP contribution in [-0.4, -0.2) is 12.1 Å². The van der Waals surface area contributed by atoms with Gasteiger partial charge in [0, 0.05) is 23.5 Å². The average Bonchev–Trinajstić information content (AvgIpc) is 2.62. The number of hydrogen-bond donors (Lipinski definition) is 2. The molecular weight excluding hydrogens is 352 g/mol. The van der Waals surface area contributed by atoms with Crippen molar-refractivity contribution in [3.8, 4) is 0 Å². The van der Waals surface area contributed by atoms with Crippen LogP contribution in [0.25, 0.3) is 0 Å². The molecule has 0 radical (unpaired) electrons. The molecule has 2 aromatic carbocycles. The van der Waals surface area contributed by atoms with E-state index in [4.69, 9.17) is 0 Å². The van der Waals surface area contributed by atoms with Crippen molar-refractivity contribution in [3.63, 3.8) is 0 Å². The highest BCUT2D eigenvalue weighted by atomic mass is 15.0. The fourth-order valence-corrected chi connectivity index (χ4v) is 4.23. The lowest BCUT2D eigenvalue weighted by molar-refractivity contribution is 0.629. The Morgan fingerprint density at radius 2 is 0.966 bits per heavy atom. The van der Waals surface area contributed by atoms with Crippen LogP contribution in [0.4, 0.5) is 11.4 Å². The van der Waals surface area contributed by atoms with Gasteiger partial charge in [-0.3, -0.25) is 0 Å². The van der Waals surface area contributed by atoms with Gasteiger partial charge < -0.3 is 10.6 Å². The maximum absolute atomic E-state index is 3.87. The van der Waals surface area contributed by atoms with E-state index in [1.54, 1.807) is 0 Å². The van der Waals surface area contributed by atoms with E-state index in [1.165, 1.54) is 33.6 Å². The second-order valence-corrected chi connectivity index (χ2v) is 9.64. The monoisotopic (exact) mass is 394 g/mol. The molecule has 0 fully saturated rings. The minimum absolute atomic E-state index is 0.390. The summed E-state index contributed by atoms with van der Waals surface area (Å²) in [6, 6.07) is 14.2. The molecule has 2 aromatic rings. The summed E-state index contributed by atoms with van der Waals surface area (Å²) in [6.45, 7) is 20.5. The summed E-state index contributed by atoms with van der Waals surface area (Å²) in [7, 11) is 0. The molecule has 29 heavy (non-hydrogen) atoms. The summed E-state index contributed by atoms with van der Waals surface area (Å²) in [6.07, 6.45) is 1.07. The summed E-state index contributed by atoms with van der Waals surface area (Å²) in [5, 5.41) is 7.68. The molecule has 0 aliphatic heterocycles. The van der Waals surface area contributed by atoms with E-state index < -0.39 is 0 Å². The SMILES string of the molecule is Cc1cccc(C(C)C)c1NC(C)CC(C)Nc1c(C(C)C)cccc1C(C)C. The molecule has 2 nitrogen and oxygen atoms in total. The maximum atomic E-state index is 3.87. The Morgan fingerprint density at radius 1 is 0.586 bits per heavy atom. The van der Waals surface area contributed by atoms with Crippen LogP contribution in [-0.2, 0) is 0 Å². The van der Waals surface area contributed by atoms with Gasteiger partial charge in [0.2, 0.25) is 0 Å². The second-order valence-electron chi connectivity index (χ2n) is 9.64. The predicted molar refractivity (Wildman–Crippen MR) is 131 cm³/mol. The Kier molecular flexibility index (Phi) is 8.19. The third-order valence-electron chi connectivity index (χ3n) is 5.79. The van der Waals surface area contributed by atoms with Gasteiger partial charge in [-0.25, -0.2) is 0 Å². The van der Waals surface area contributed by atoms with Crippen LogP contribution >= 0.6 is 0 Å². The molecule has 0 heterocycles. The van der Waals surface area contributed by atoms with E-state index in [2.05, 4.69) is 109 Å². The van der Waals surface area contributed by atoms with Gasteiger partial charge in [-0.2, -0.15) is 0 Å². The second kappa shape index (κ2) is 10.2. The molecule has 0 aromatic heterocycles. The Bertz CT molecular complexity index is 763. The zero-order valence-corrected chi connectivity index (χ0v) is 20.1. The molecule has 2 rings (SSSR count). The van der Waals surface area contributed by atoms with E-state index in [1.807, 2.05) is 0 Å². The molecule has 0 saturated heterocycles. The van der Waals surface area contributed by atoms with Gasteiger partial charge in [0.05, 0.1) is 0 Å². The van der Waals surface area contributed by atoms with E-state index >= 15 is 0 Å². The quantitative estimate of drug-likeness (QED) is 0.449. The number of hydrogen-bond acceptors (Lipinski definition) is 2. The first-order valence-electron chi connectivity index (χ1n) is 11.4. The van der Waals surface area contributed by atoms with Crippen LogP contribution in [0, 0.1) is 6.92 Å². The molecule has 2 unspecified atom stereocenters. The summed E-state index contributed by atoms with van der Waals surface area (Å²) in [5.74, 6) is 1.55. The van der Waals surface area contributed by atoms with Crippen molar-refractivity contribution in [3.05, 3.63) is 58.7 Å². The molecule has 0 bridgehead atoms. The Hall–Kier alpha value is -1.96. The number of para-hydroxylation sites is 2. The first kappa shape index (κ1) is 23.3. The Labute approximate surface area is 179 Å². The average molecular weight is 395 g/mol. The van der Waals surface area contributed by atoms with E-state index in [0.29, 0.717) is 29.8 Å². The van der Waals surface area contributed by atoms with Crippen LogP contribution in [0.1, 0.15) is 102 Å². The zero-order valence-electron chi connectivity index (χ0n) is 20.1. The van der Waals surface area contributed by atoms with Crippen LogP contribution in [0.5, 0.6) is 0 Å². The van der Waals surface area contributed by atoms with Crippen molar-refractivity contribution in [2.24, 2.45) is 0 Å². The van der Waals surface area contributed by atoms with Gasteiger partial charge in [0.15, 0.2) is 0 Å². The summed E-state index contributed by atoms with van der Waals surface area (Å²) in [4.78, 5) is 0. The first-order chi connectivity index (χ1) is 13.6. The van der Waals surface area contributed by atoms with Crippen molar-refractivity contribution in [1.82, 2.24) is 0 Å². The lowest BCUT2D eigenvalue weighted by Gasteiger charge is -2.27. The summed E-state index contributed by atoms with van der Waals surface area (Å²) in [5.41, 5.74) is 8.23. The zero-order chi connectivity index (χ0) is 21.7. The number of anilines is 2. The summed E-state index contributed by atoms with van der Waals surface area (Å²) >= 11 is 0. The van der Waals surface area contributed by atoms with Crippen LogP contribution in [0.2, 0.25) is 0 Å². The van der Waals surface area contributed by atoms with Crippen LogP contribution < -0.4 is 10.6 Å². The predicted octanol–water partition coefficient (Wildman–Crippen LogP) is 8.06. The number of aryl methyl sites for hydroxylation is 1. The summed E-state index contributed by atoms with van der Waals surface area (Å²) < 4.78 is 0. The molecule has 0 saturated carbocycles. The lowest BCUT2D eigenvalue weighted by atomic mass is 9.92. The maximum Gasteiger partial charge on any atom is 0.0412 e. The number of benzene rings is 2. The van der Waals surface area contributed by atoms with Crippen molar-refractivity contribution >= 4 is 11.4 Å². The van der Waals surface area contributed by atoms with Crippen molar-refractivity contribution in [1.29, 1.82) is 0 Å². The minimum Gasteiger partial charge on any atom is -0.382 e. The molecule has 2 heteroatoms. The highest BCUT2D eigenvalue weighted by Gasteiger charge is 2.18. The highest BCUT2D eigenvalue weighted by molar-refractivity contribution is 5.61. The smallest absolute Gasteiger partial charge is 0.0412 e. The standard InChI is InChI=1S/C27H42N2/c1-17(2)23-13-10-12-20(7)26(23)28-21(8)16-22(9)29-27-24(18(3)4)14-11-15-25(27)19(5)6/h10-15,17-19,21-22,28-29H,16H2,1-9H3. The fourth-order valence-electron chi connectivity index (χ4n) is 4.23. The highest BCUT2D eigenvalue weighted by Crippen LogP contribution is 2.33. The molecule has 0 aliphatic rings. The lowest BCUT2D eigenvalue weighted by Crippen LogP contribution is -2.27. The van der Waals surface area contributed by atoms with Gasteiger partial charge >= 0.3 is 0 Å². The van der Waals surface area contributed by atoms with Gasteiger partial charge in [-0.1, -0.05) is 77.9 Å². The molecule has 2 N–H and O–H groups in total. The molecular formula is C27H42N2. The van der Waals surface area contributed by atoms with E-state index in [0.717, 1.165) is 6.42 Å². The van der Waals surface area contributed by atoms with Crippen molar-refractivity contribution in [2.75, 3.05) is 10.6 Å². The van der Waals surface area contributed by atoms with Crippen molar-refractivity contribution in [2.45, 2.75) is 98.6 Å². The molecule has 0 aliphatic carbocycles. The fraction of sp³-hybridized carbons (Fsp3) is 0.556. The number of nitrogens with one attached hydrogen (secondary N) is 2. The van der Waals surface area contributed by atoms with E-state index in [9.17, 15) is 0 Å². The van der Waals surface area contributed by atoms with Gasteiger partial charge in [-0.05, 0) is 67.2 Å². The Balaban J connectivity index is 2.16. The number of rotatable bonds is 9. The largest absolute Gasteiger partial charge is 0.382 e. The minimum atomic E-state index is 0.390. The van der Waals surface area contributed by atoms with Gasteiger partial charge in [0.25, 0.3) is 0 Å². The molecule has 160 valence electrons. The van der Waals surface area contributed by atoms with E-state index in [-0.39, 0.29) is 0 Å².